The molecule has 0 aliphatic heterocycles. The Hall–Kier alpha value is -3.05. The van der Waals surface area contributed by atoms with E-state index in [1.807, 2.05) is 47.0 Å². The molecular weight excluding hydrogens is 338 g/mol. The average Bonchev–Trinajstić information content (AvgIpc) is 3.02. The summed E-state index contributed by atoms with van der Waals surface area (Å²) >= 11 is 6.26. The number of para-hydroxylation sites is 1. The standard InChI is InChI=1S/C19H14ClN3O2/c20-14-5-2-1-4-13(14)10-23-12-21-19-15(6-3-7-16(19)23)22-9-8-17(24)18(25)11-22/h1-9,11-12,25H,10H2. The molecular formula is C19H14ClN3O2. The van der Waals surface area contributed by atoms with Crippen LogP contribution in [0.3, 0.4) is 0 Å². The second-order valence-electron chi connectivity index (χ2n) is 5.71. The lowest BCUT2D eigenvalue weighted by Crippen LogP contribution is -2.04. The molecule has 0 aliphatic rings. The Bertz CT molecular complexity index is 1130. The summed E-state index contributed by atoms with van der Waals surface area (Å²) in [5.41, 5.74) is 3.10. The van der Waals surface area contributed by atoms with Gasteiger partial charge in [0.1, 0.15) is 5.52 Å². The number of imidazole rings is 1. The van der Waals surface area contributed by atoms with Crippen LogP contribution in [0.5, 0.6) is 5.75 Å². The summed E-state index contributed by atoms with van der Waals surface area (Å²) in [6, 6.07) is 14.8. The van der Waals surface area contributed by atoms with Gasteiger partial charge in [-0.15, -0.1) is 0 Å². The number of hydrogen-bond acceptors (Lipinski definition) is 3. The van der Waals surface area contributed by atoms with Crippen LogP contribution < -0.4 is 5.43 Å². The number of rotatable bonds is 3. The monoisotopic (exact) mass is 351 g/mol. The molecule has 0 fully saturated rings. The van der Waals surface area contributed by atoms with Gasteiger partial charge in [-0.2, -0.15) is 0 Å². The Kier molecular flexibility index (Phi) is 3.78. The van der Waals surface area contributed by atoms with Crippen molar-refractivity contribution in [3.63, 3.8) is 0 Å². The molecule has 0 spiro atoms. The van der Waals surface area contributed by atoms with E-state index in [4.69, 9.17) is 11.6 Å². The Morgan fingerprint density at radius 2 is 1.92 bits per heavy atom. The third-order valence-corrected chi connectivity index (χ3v) is 4.47. The van der Waals surface area contributed by atoms with E-state index in [1.165, 1.54) is 12.3 Å². The minimum Gasteiger partial charge on any atom is -0.503 e. The molecule has 2 aromatic carbocycles. The molecule has 2 aromatic heterocycles. The number of halogens is 1. The lowest BCUT2D eigenvalue weighted by atomic mass is 10.2. The first-order valence-electron chi connectivity index (χ1n) is 7.72. The van der Waals surface area contributed by atoms with Crippen LogP contribution in [0.1, 0.15) is 5.56 Å². The smallest absolute Gasteiger partial charge is 0.223 e. The summed E-state index contributed by atoms with van der Waals surface area (Å²) in [5.74, 6) is -0.296. The highest BCUT2D eigenvalue weighted by atomic mass is 35.5. The Morgan fingerprint density at radius 1 is 1.08 bits per heavy atom. The first-order chi connectivity index (χ1) is 12.1. The fourth-order valence-corrected chi connectivity index (χ4v) is 3.03. The van der Waals surface area contributed by atoms with Crippen LogP contribution in [-0.4, -0.2) is 19.2 Å². The molecule has 0 aliphatic carbocycles. The minimum atomic E-state index is -0.410. The van der Waals surface area contributed by atoms with Gasteiger partial charge in [-0.3, -0.25) is 4.79 Å². The number of fused-ring (bicyclic) bond motifs is 1. The van der Waals surface area contributed by atoms with E-state index in [1.54, 1.807) is 17.1 Å². The second-order valence-corrected chi connectivity index (χ2v) is 6.12. The highest BCUT2D eigenvalue weighted by Crippen LogP contribution is 2.24. The summed E-state index contributed by atoms with van der Waals surface area (Å²) in [6.07, 6.45) is 4.77. The van der Waals surface area contributed by atoms with Gasteiger partial charge in [0.2, 0.25) is 5.43 Å². The van der Waals surface area contributed by atoms with E-state index < -0.39 is 5.43 Å². The molecule has 0 unspecified atom stereocenters. The van der Waals surface area contributed by atoms with Crippen molar-refractivity contribution in [3.05, 3.63) is 88.1 Å². The SMILES string of the molecule is O=c1ccn(-c2cccc3c2ncn3Cc2ccccc2Cl)cc1O. The van der Waals surface area contributed by atoms with E-state index in [2.05, 4.69) is 4.98 Å². The number of benzene rings is 2. The van der Waals surface area contributed by atoms with Gasteiger partial charge >= 0.3 is 0 Å². The van der Waals surface area contributed by atoms with Gasteiger partial charge in [-0.1, -0.05) is 35.9 Å². The van der Waals surface area contributed by atoms with Gasteiger partial charge in [0.05, 0.1) is 30.3 Å². The van der Waals surface area contributed by atoms with Crippen LogP contribution in [0.4, 0.5) is 0 Å². The molecule has 0 atom stereocenters. The van der Waals surface area contributed by atoms with Crippen molar-refractivity contribution in [2.75, 3.05) is 0 Å². The van der Waals surface area contributed by atoms with Crippen LogP contribution >= 0.6 is 11.6 Å². The molecule has 0 bridgehead atoms. The zero-order valence-electron chi connectivity index (χ0n) is 13.1. The molecule has 25 heavy (non-hydrogen) atoms. The highest BCUT2D eigenvalue weighted by molar-refractivity contribution is 6.31. The fourth-order valence-electron chi connectivity index (χ4n) is 2.84. The molecule has 5 nitrogen and oxygen atoms in total. The lowest BCUT2D eigenvalue weighted by molar-refractivity contribution is 0.465. The van der Waals surface area contributed by atoms with Crippen molar-refractivity contribution in [3.8, 4) is 11.4 Å². The lowest BCUT2D eigenvalue weighted by Gasteiger charge is -2.09. The average molecular weight is 352 g/mol. The number of aromatic nitrogens is 3. The zero-order valence-corrected chi connectivity index (χ0v) is 13.9. The summed E-state index contributed by atoms with van der Waals surface area (Å²) in [5, 5.41) is 10.4. The number of aromatic hydroxyl groups is 1. The maximum atomic E-state index is 11.4. The van der Waals surface area contributed by atoms with E-state index in [0.29, 0.717) is 11.6 Å². The molecule has 4 aromatic rings. The molecule has 0 saturated carbocycles. The minimum absolute atomic E-state index is 0.296. The van der Waals surface area contributed by atoms with Crippen LogP contribution in [-0.2, 0) is 6.54 Å². The molecule has 1 N–H and O–H groups in total. The van der Waals surface area contributed by atoms with Crippen molar-refractivity contribution in [1.82, 2.24) is 14.1 Å². The van der Waals surface area contributed by atoms with Gasteiger partial charge in [-0.05, 0) is 23.8 Å². The summed E-state index contributed by atoms with van der Waals surface area (Å²) < 4.78 is 3.70. The van der Waals surface area contributed by atoms with Crippen molar-refractivity contribution in [2.45, 2.75) is 6.54 Å². The summed E-state index contributed by atoms with van der Waals surface area (Å²) in [6.45, 7) is 0.606. The molecule has 0 amide bonds. The van der Waals surface area contributed by atoms with Gasteiger partial charge < -0.3 is 14.2 Å². The summed E-state index contributed by atoms with van der Waals surface area (Å²) in [4.78, 5) is 15.9. The third kappa shape index (κ3) is 2.79. The second kappa shape index (κ2) is 6.11. The number of hydrogen-bond donors (Lipinski definition) is 1. The topological polar surface area (TPSA) is 60.0 Å². The van der Waals surface area contributed by atoms with E-state index >= 15 is 0 Å². The maximum absolute atomic E-state index is 11.4. The van der Waals surface area contributed by atoms with Gasteiger partial charge in [0.25, 0.3) is 0 Å². The number of nitrogens with zero attached hydrogens (tertiary/aromatic N) is 3. The number of pyridine rings is 1. The summed E-state index contributed by atoms with van der Waals surface area (Å²) in [7, 11) is 0. The molecule has 0 radical (unpaired) electrons. The first kappa shape index (κ1) is 15.5. The van der Waals surface area contributed by atoms with Gasteiger partial charge in [0.15, 0.2) is 5.75 Å². The highest BCUT2D eigenvalue weighted by Gasteiger charge is 2.10. The van der Waals surface area contributed by atoms with Crippen molar-refractivity contribution in [1.29, 1.82) is 0 Å². The Balaban J connectivity index is 1.82. The Labute approximate surface area is 148 Å². The largest absolute Gasteiger partial charge is 0.503 e. The van der Waals surface area contributed by atoms with Crippen LogP contribution in [0.2, 0.25) is 5.02 Å². The van der Waals surface area contributed by atoms with Crippen molar-refractivity contribution < 1.29 is 5.11 Å². The first-order valence-corrected chi connectivity index (χ1v) is 8.10. The molecule has 2 heterocycles. The molecule has 124 valence electrons. The maximum Gasteiger partial charge on any atom is 0.223 e. The van der Waals surface area contributed by atoms with Crippen LogP contribution in [0.15, 0.2) is 72.0 Å². The molecule has 6 heteroatoms. The predicted octanol–water partition coefficient (Wildman–Crippen LogP) is 3.59. The van der Waals surface area contributed by atoms with Gasteiger partial charge in [-0.25, -0.2) is 4.98 Å². The fraction of sp³-hybridized carbons (Fsp3) is 0.0526. The van der Waals surface area contributed by atoms with E-state index in [-0.39, 0.29) is 5.75 Å². The quantitative estimate of drug-likeness (QED) is 0.613. The molecule has 0 saturated heterocycles. The van der Waals surface area contributed by atoms with E-state index in [9.17, 15) is 9.90 Å². The van der Waals surface area contributed by atoms with Crippen molar-refractivity contribution in [2.24, 2.45) is 0 Å². The normalized spacial score (nSPS) is 11.1. The predicted molar refractivity (Wildman–Crippen MR) is 97.5 cm³/mol. The Morgan fingerprint density at radius 3 is 2.72 bits per heavy atom. The van der Waals surface area contributed by atoms with E-state index in [0.717, 1.165) is 22.3 Å². The zero-order chi connectivity index (χ0) is 17.4. The van der Waals surface area contributed by atoms with Crippen LogP contribution in [0, 0.1) is 0 Å². The van der Waals surface area contributed by atoms with Crippen molar-refractivity contribution >= 4 is 22.6 Å². The van der Waals surface area contributed by atoms with Crippen LogP contribution in [0.25, 0.3) is 16.7 Å². The third-order valence-electron chi connectivity index (χ3n) is 4.11. The molecule has 4 rings (SSSR count). The van der Waals surface area contributed by atoms with Gasteiger partial charge in [0, 0.05) is 17.3 Å².